The third kappa shape index (κ3) is 2.61. The molecule has 1 heterocycles. The summed E-state index contributed by atoms with van der Waals surface area (Å²) in [5.74, 6) is 0.465. The molecule has 0 aliphatic heterocycles. The van der Waals surface area contributed by atoms with Gasteiger partial charge in [-0.25, -0.2) is 14.4 Å². The van der Waals surface area contributed by atoms with Crippen molar-refractivity contribution in [1.82, 2.24) is 9.97 Å². The van der Waals surface area contributed by atoms with Gasteiger partial charge < -0.3 is 0 Å². The lowest BCUT2D eigenvalue weighted by molar-refractivity contribution is 0.630. The Morgan fingerprint density at radius 1 is 1.18 bits per heavy atom. The molecule has 2 aromatic rings. The summed E-state index contributed by atoms with van der Waals surface area (Å²) in [6.45, 7) is 3.94. The Kier molecular flexibility index (Phi) is 3.38. The fraction of sp³-hybridized carbons (Fsp3) is 0.231. The molecule has 0 atom stereocenters. The Morgan fingerprint density at radius 3 is 2.53 bits per heavy atom. The van der Waals surface area contributed by atoms with Crippen molar-refractivity contribution in [2.75, 3.05) is 0 Å². The second kappa shape index (κ2) is 4.80. The lowest BCUT2D eigenvalue weighted by atomic mass is 10.1. The van der Waals surface area contributed by atoms with E-state index in [0.29, 0.717) is 22.2 Å². The number of benzene rings is 1. The Morgan fingerprint density at radius 2 is 1.88 bits per heavy atom. The first kappa shape index (κ1) is 12.0. The summed E-state index contributed by atoms with van der Waals surface area (Å²) in [6.07, 6.45) is 0. The minimum absolute atomic E-state index is 0.152. The van der Waals surface area contributed by atoms with Gasteiger partial charge in [0.25, 0.3) is 0 Å². The van der Waals surface area contributed by atoms with Gasteiger partial charge in [-0.1, -0.05) is 37.6 Å². The average Bonchev–Trinajstić information content (AvgIpc) is 2.28. The molecule has 2 nitrogen and oxygen atoms in total. The van der Waals surface area contributed by atoms with Crippen LogP contribution in [0.15, 0.2) is 30.3 Å². The molecule has 1 aromatic carbocycles. The van der Waals surface area contributed by atoms with Crippen LogP contribution in [-0.4, -0.2) is 9.97 Å². The minimum atomic E-state index is -0.308. The van der Waals surface area contributed by atoms with Crippen LogP contribution < -0.4 is 0 Å². The molecular weight excluding hydrogens is 239 g/mol. The molecule has 0 spiro atoms. The molecule has 0 fully saturated rings. The fourth-order valence-corrected chi connectivity index (χ4v) is 1.69. The molecule has 0 bridgehead atoms. The molecule has 0 unspecified atom stereocenters. The van der Waals surface area contributed by atoms with Gasteiger partial charge in [0.05, 0.1) is 5.69 Å². The van der Waals surface area contributed by atoms with E-state index in [9.17, 15) is 4.39 Å². The maximum absolute atomic E-state index is 13.6. The van der Waals surface area contributed by atoms with Crippen molar-refractivity contribution in [3.63, 3.8) is 0 Å². The van der Waals surface area contributed by atoms with Crippen LogP contribution in [-0.2, 0) is 0 Å². The second-order valence-corrected chi connectivity index (χ2v) is 4.46. The van der Waals surface area contributed by atoms with Crippen molar-refractivity contribution in [3.05, 3.63) is 47.1 Å². The van der Waals surface area contributed by atoms with Crippen LogP contribution in [0, 0.1) is 5.82 Å². The number of hydrogen-bond acceptors (Lipinski definition) is 2. The van der Waals surface area contributed by atoms with Crippen LogP contribution in [0.4, 0.5) is 4.39 Å². The zero-order valence-electron chi connectivity index (χ0n) is 9.61. The Labute approximate surface area is 104 Å². The lowest BCUT2D eigenvalue weighted by Crippen LogP contribution is -2.00. The smallest absolute Gasteiger partial charge is 0.133 e. The Balaban J connectivity index is 2.56. The van der Waals surface area contributed by atoms with Gasteiger partial charge >= 0.3 is 0 Å². The van der Waals surface area contributed by atoms with Gasteiger partial charge in [0.15, 0.2) is 0 Å². The highest BCUT2D eigenvalue weighted by molar-refractivity contribution is 6.29. The van der Waals surface area contributed by atoms with E-state index in [1.807, 2.05) is 13.8 Å². The second-order valence-electron chi connectivity index (χ2n) is 4.07. The number of nitrogens with zero attached hydrogens (tertiary/aromatic N) is 2. The van der Waals surface area contributed by atoms with Crippen LogP contribution in [0.2, 0.25) is 5.15 Å². The van der Waals surface area contributed by atoms with Gasteiger partial charge in [-0.05, 0) is 12.1 Å². The van der Waals surface area contributed by atoms with E-state index in [4.69, 9.17) is 11.6 Å². The lowest BCUT2D eigenvalue weighted by Gasteiger charge is -2.08. The van der Waals surface area contributed by atoms with E-state index in [0.717, 1.165) is 0 Å². The SMILES string of the molecule is CC(C)c1nc(Cl)cc(-c2ccccc2F)n1. The van der Waals surface area contributed by atoms with Crippen molar-refractivity contribution in [3.8, 4) is 11.3 Å². The summed E-state index contributed by atoms with van der Waals surface area (Å²) >= 11 is 5.92. The normalized spacial score (nSPS) is 10.9. The molecule has 0 amide bonds. The van der Waals surface area contributed by atoms with E-state index < -0.39 is 0 Å². The highest BCUT2D eigenvalue weighted by Crippen LogP contribution is 2.24. The monoisotopic (exact) mass is 250 g/mol. The average molecular weight is 251 g/mol. The summed E-state index contributed by atoms with van der Waals surface area (Å²) in [6, 6.07) is 8.07. The molecule has 0 N–H and O–H groups in total. The number of aromatic nitrogens is 2. The van der Waals surface area contributed by atoms with E-state index in [-0.39, 0.29) is 11.7 Å². The summed E-state index contributed by atoms with van der Waals surface area (Å²) < 4.78 is 13.6. The van der Waals surface area contributed by atoms with Crippen molar-refractivity contribution in [2.45, 2.75) is 19.8 Å². The molecule has 0 radical (unpaired) electrons. The molecule has 4 heteroatoms. The van der Waals surface area contributed by atoms with Crippen molar-refractivity contribution in [2.24, 2.45) is 0 Å². The fourth-order valence-electron chi connectivity index (χ4n) is 1.50. The van der Waals surface area contributed by atoms with Crippen LogP contribution in [0.1, 0.15) is 25.6 Å². The van der Waals surface area contributed by atoms with E-state index in [1.54, 1.807) is 24.3 Å². The molecule has 0 saturated heterocycles. The largest absolute Gasteiger partial charge is 0.232 e. The third-order valence-corrected chi connectivity index (χ3v) is 2.57. The van der Waals surface area contributed by atoms with Crippen molar-refractivity contribution < 1.29 is 4.39 Å². The standard InChI is InChI=1S/C13H12ClFN2/c1-8(2)13-16-11(7-12(14)17-13)9-5-3-4-6-10(9)15/h3-8H,1-2H3. The summed E-state index contributed by atoms with van der Waals surface area (Å²) in [5, 5.41) is 0.335. The molecule has 2 rings (SSSR count). The predicted octanol–water partition coefficient (Wildman–Crippen LogP) is 4.06. The van der Waals surface area contributed by atoms with Crippen LogP contribution >= 0.6 is 11.6 Å². The quantitative estimate of drug-likeness (QED) is 0.751. The van der Waals surface area contributed by atoms with Gasteiger partial charge in [-0.15, -0.1) is 0 Å². The van der Waals surface area contributed by atoms with Crippen molar-refractivity contribution in [1.29, 1.82) is 0 Å². The molecule has 0 aliphatic carbocycles. The van der Waals surface area contributed by atoms with Crippen LogP contribution in [0.3, 0.4) is 0 Å². The zero-order valence-corrected chi connectivity index (χ0v) is 10.4. The summed E-state index contributed by atoms with van der Waals surface area (Å²) in [5.41, 5.74) is 0.963. The Hall–Kier alpha value is -1.48. The summed E-state index contributed by atoms with van der Waals surface area (Å²) in [4.78, 5) is 8.45. The predicted molar refractivity (Wildman–Crippen MR) is 66.5 cm³/mol. The highest BCUT2D eigenvalue weighted by atomic mass is 35.5. The van der Waals surface area contributed by atoms with E-state index in [1.165, 1.54) is 6.07 Å². The summed E-state index contributed by atoms with van der Waals surface area (Å²) in [7, 11) is 0. The van der Waals surface area contributed by atoms with Gasteiger partial charge in [-0.3, -0.25) is 0 Å². The first-order valence-corrected chi connectivity index (χ1v) is 5.75. The molecule has 17 heavy (non-hydrogen) atoms. The van der Waals surface area contributed by atoms with Gasteiger partial charge in [0, 0.05) is 17.5 Å². The molecule has 88 valence electrons. The maximum Gasteiger partial charge on any atom is 0.133 e. The van der Waals surface area contributed by atoms with Crippen LogP contribution in [0.5, 0.6) is 0 Å². The third-order valence-electron chi connectivity index (χ3n) is 2.38. The zero-order chi connectivity index (χ0) is 12.4. The molecule has 1 aromatic heterocycles. The minimum Gasteiger partial charge on any atom is -0.232 e. The van der Waals surface area contributed by atoms with Crippen molar-refractivity contribution >= 4 is 11.6 Å². The van der Waals surface area contributed by atoms with E-state index in [2.05, 4.69) is 9.97 Å². The van der Waals surface area contributed by atoms with Gasteiger partial charge in [-0.2, -0.15) is 0 Å². The Bertz CT molecular complexity index is 541. The van der Waals surface area contributed by atoms with E-state index >= 15 is 0 Å². The first-order valence-electron chi connectivity index (χ1n) is 5.37. The number of rotatable bonds is 2. The van der Waals surface area contributed by atoms with Gasteiger partial charge in [0.2, 0.25) is 0 Å². The first-order chi connectivity index (χ1) is 8.08. The van der Waals surface area contributed by atoms with Gasteiger partial charge in [0.1, 0.15) is 16.8 Å². The molecule has 0 aliphatic rings. The maximum atomic E-state index is 13.6. The molecule has 0 saturated carbocycles. The molecular formula is C13H12ClFN2. The topological polar surface area (TPSA) is 25.8 Å². The number of hydrogen-bond donors (Lipinski definition) is 0. The highest BCUT2D eigenvalue weighted by Gasteiger charge is 2.11. The van der Waals surface area contributed by atoms with Crippen LogP contribution in [0.25, 0.3) is 11.3 Å². The number of halogens is 2.